The summed E-state index contributed by atoms with van der Waals surface area (Å²) in [6.45, 7) is 7.88. The molecule has 28 heavy (non-hydrogen) atoms. The molecule has 152 valence electrons. The van der Waals surface area contributed by atoms with E-state index in [-0.39, 0.29) is 24.2 Å². The molecule has 8 nitrogen and oxygen atoms in total. The van der Waals surface area contributed by atoms with Crippen molar-refractivity contribution >= 4 is 11.8 Å². The molecule has 0 aromatic carbocycles. The highest BCUT2D eigenvalue weighted by molar-refractivity contribution is 5.92. The van der Waals surface area contributed by atoms with Crippen LogP contribution in [0.1, 0.15) is 33.1 Å². The van der Waals surface area contributed by atoms with E-state index in [0.29, 0.717) is 13.0 Å². The third kappa shape index (κ3) is 2.35. The predicted molar refractivity (Wildman–Crippen MR) is 92.9 cm³/mol. The average Bonchev–Trinajstić information content (AvgIpc) is 3.50. The van der Waals surface area contributed by atoms with Gasteiger partial charge in [0.1, 0.15) is 24.4 Å². The van der Waals surface area contributed by atoms with Gasteiger partial charge >= 0.3 is 5.97 Å². The molecule has 0 aromatic rings. The highest BCUT2D eigenvalue weighted by Gasteiger charge is 2.79. The highest BCUT2D eigenvalue weighted by atomic mass is 16.7. The number of rotatable bonds is 1. The first-order valence-electron chi connectivity index (χ1n) is 9.59. The molecule has 0 radical (unpaired) electrons. The molecule has 0 spiro atoms. The first-order chi connectivity index (χ1) is 13.1. The van der Waals surface area contributed by atoms with Crippen LogP contribution < -0.4 is 0 Å². The Bertz CT molecular complexity index is 813. The number of ketones is 1. The summed E-state index contributed by atoms with van der Waals surface area (Å²) in [5.74, 6) is -3.51. The summed E-state index contributed by atoms with van der Waals surface area (Å²) < 4.78 is 22.7. The van der Waals surface area contributed by atoms with E-state index >= 15 is 0 Å². The van der Waals surface area contributed by atoms with Gasteiger partial charge in [-0.1, -0.05) is 12.2 Å². The molecule has 0 unspecified atom stereocenters. The van der Waals surface area contributed by atoms with Gasteiger partial charge in [-0.25, -0.2) is 4.79 Å². The quantitative estimate of drug-likeness (QED) is 0.368. The molecular weight excluding hydrogens is 368 g/mol. The maximum Gasteiger partial charge on any atom is 0.344 e. The molecule has 5 aliphatic rings. The van der Waals surface area contributed by atoms with E-state index in [2.05, 4.69) is 6.58 Å². The Balaban J connectivity index is 1.60. The van der Waals surface area contributed by atoms with Crippen molar-refractivity contribution in [3.05, 3.63) is 23.8 Å². The van der Waals surface area contributed by atoms with E-state index in [1.807, 2.05) is 6.92 Å². The minimum atomic E-state index is -2.19. The molecule has 8 atom stereocenters. The van der Waals surface area contributed by atoms with Gasteiger partial charge in [0.25, 0.3) is 0 Å². The van der Waals surface area contributed by atoms with Crippen LogP contribution in [0.5, 0.6) is 0 Å². The lowest BCUT2D eigenvalue weighted by Crippen LogP contribution is -2.63. The summed E-state index contributed by atoms with van der Waals surface area (Å²) in [5.41, 5.74) is -1.15. The van der Waals surface area contributed by atoms with Crippen LogP contribution in [0, 0.1) is 5.92 Å². The Morgan fingerprint density at radius 1 is 1.29 bits per heavy atom. The minimum Gasteiger partial charge on any atom is -0.457 e. The average molecular weight is 392 g/mol. The van der Waals surface area contributed by atoms with Gasteiger partial charge in [-0.2, -0.15) is 0 Å². The Morgan fingerprint density at radius 3 is 2.64 bits per heavy atom. The fourth-order valence-electron chi connectivity index (χ4n) is 5.00. The molecule has 0 aromatic heterocycles. The van der Waals surface area contributed by atoms with Crippen LogP contribution in [0.25, 0.3) is 0 Å². The predicted octanol–water partition coefficient (Wildman–Crippen LogP) is 0.158. The molecule has 5 heterocycles. The van der Waals surface area contributed by atoms with E-state index in [1.165, 1.54) is 6.08 Å². The summed E-state index contributed by atoms with van der Waals surface area (Å²) in [4.78, 5) is 25.2. The fraction of sp³-hybridized carbons (Fsp3) is 0.700. The number of carbonyl (C=O) groups is 2. The van der Waals surface area contributed by atoms with Crippen LogP contribution >= 0.6 is 0 Å². The second-order valence-electron chi connectivity index (χ2n) is 8.91. The summed E-state index contributed by atoms with van der Waals surface area (Å²) in [5, 5.41) is 22.3. The first kappa shape index (κ1) is 18.4. The third-order valence-corrected chi connectivity index (χ3v) is 6.86. The lowest BCUT2D eigenvalue weighted by Gasteiger charge is -2.47. The number of carbonyl (C=O) groups excluding carboxylic acids is 2. The zero-order chi connectivity index (χ0) is 20.1. The molecule has 5 aliphatic heterocycles. The van der Waals surface area contributed by atoms with Crippen LogP contribution in [0.3, 0.4) is 0 Å². The third-order valence-electron chi connectivity index (χ3n) is 6.86. The van der Waals surface area contributed by atoms with Gasteiger partial charge in [-0.15, -0.1) is 0 Å². The topological polar surface area (TPSA) is 118 Å². The number of esters is 1. The zero-order valence-corrected chi connectivity index (χ0v) is 15.8. The van der Waals surface area contributed by atoms with E-state index in [4.69, 9.17) is 18.9 Å². The summed E-state index contributed by atoms with van der Waals surface area (Å²) in [6, 6.07) is 0. The van der Waals surface area contributed by atoms with Crippen molar-refractivity contribution in [3.63, 3.8) is 0 Å². The number of hydrogen-bond acceptors (Lipinski definition) is 8. The molecule has 8 heteroatoms. The van der Waals surface area contributed by atoms with Crippen molar-refractivity contribution in [2.75, 3.05) is 6.61 Å². The maximum atomic E-state index is 12.7. The van der Waals surface area contributed by atoms with E-state index in [9.17, 15) is 19.8 Å². The molecular formula is C20H24O8. The lowest BCUT2D eigenvalue weighted by atomic mass is 9.73. The maximum absolute atomic E-state index is 12.7. The minimum absolute atomic E-state index is 0.0464. The number of aliphatic hydroxyl groups excluding tert-OH is 1. The standard InChI is InChI=1S/C20H24O8/c1-9-4-11(21)6-10(2)20(24)15(22)12(18(3)8-25-18)7-14(27-20)19-16(28-19)13(5-9)26-17(19)23/h4,12-16,22,24H,2,5-8H2,1,3H3/b9-4-/t12-,13+,14-,15+,16+,18+,19+,20-/m1/s1. The molecule has 4 saturated heterocycles. The molecule has 0 saturated carbocycles. The van der Waals surface area contributed by atoms with Crippen molar-refractivity contribution < 1.29 is 38.7 Å². The van der Waals surface area contributed by atoms with Crippen molar-refractivity contribution in [3.8, 4) is 0 Å². The Kier molecular flexibility index (Phi) is 3.63. The number of ether oxygens (including phenoxy) is 4. The Hall–Kier alpha value is -1.58. The normalized spacial score (nSPS) is 54.6. The van der Waals surface area contributed by atoms with Crippen molar-refractivity contribution in [1.82, 2.24) is 0 Å². The second kappa shape index (κ2) is 5.52. The summed E-state index contributed by atoms with van der Waals surface area (Å²) in [7, 11) is 0. The SMILES string of the molecule is C=C1CC(=O)/C=C(/C)C[C@@H]2OC(=O)[C@]3(O[C@@H]23)[C@H]2C[C@@H]([C@]3(C)CO3)[C@H](O)[C@]1(O)O2. The summed E-state index contributed by atoms with van der Waals surface area (Å²) in [6.07, 6.45) is -1.30. The molecule has 2 N–H and O–H groups in total. The molecule has 4 fully saturated rings. The summed E-state index contributed by atoms with van der Waals surface area (Å²) >= 11 is 0. The van der Waals surface area contributed by atoms with Gasteiger partial charge in [-0.05, 0) is 31.9 Å². The van der Waals surface area contributed by atoms with Crippen LogP contribution in [-0.4, -0.2) is 70.0 Å². The first-order valence-corrected chi connectivity index (χ1v) is 9.59. The van der Waals surface area contributed by atoms with Crippen LogP contribution in [0.15, 0.2) is 23.8 Å². The zero-order valence-electron chi connectivity index (χ0n) is 15.8. The van der Waals surface area contributed by atoms with Crippen molar-refractivity contribution in [2.24, 2.45) is 5.92 Å². The van der Waals surface area contributed by atoms with Crippen molar-refractivity contribution in [1.29, 1.82) is 0 Å². The molecule has 0 aliphatic carbocycles. The fourth-order valence-corrected chi connectivity index (χ4v) is 5.00. The van der Waals surface area contributed by atoms with Gasteiger partial charge < -0.3 is 29.2 Å². The second-order valence-corrected chi connectivity index (χ2v) is 8.91. The Morgan fingerprint density at radius 2 is 2.00 bits per heavy atom. The molecule has 5 rings (SSSR count). The van der Waals surface area contributed by atoms with E-state index < -0.39 is 53.3 Å². The smallest absolute Gasteiger partial charge is 0.344 e. The van der Waals surface area contributed by atoms with Gasteiger partial charge in [0.05, 0.1) is 12.2 Å². The van der Waals surface area contributed by atoms with Gasteiger partial charge in [0.2, 0.25) is 11.4 Å². The number of aliphatic hydroxyl groups is 2. The van der Waals surface area contributed by atoms with E-state index in [0.717, 1.165) is 5.57 Å². The molecule has 4 bridgehead atoms. The number of fused-ring (bicyclic) bond motifs is 2. The number of hydrogen-bond donors (Lipinski definition) is 2. The molecule has 0 amide bonds. The lowest BCUT2D eigenvalue weighted by molar-refractivity contribution is -0.306. The van der Waals surface area contributed by atoms with E-state index in [1.54, 1.807) is 6.92 Å². The van der Waals surface area contributed by atoms with Crippen LogP contribution in [0.4, 0.5) is 0 Å². The number of epoxide rings is 2. The number of allylic oxidation sites excluding steroid dienone is 1. The van der Waals surface area contributed by atoms with Crippen LogP contribution in [0.2, 0.25) is 0 Å². The van der Waals surface area contributed by atoms with Crippen molar-refractivity contribution in [2.45, 2.75) is 74.5 Å². The van der Waals surface area contributed by atoms with Crippen LogP contribution in [-0.2, 0) is 28.5 Å². The van der Waals surface area contributed by atoms with Gasteiger partial charge in [-0.3, -0.25) is 4.79 Å². The monoisotopic (exact) mass is 392 g/mol. The Labute approximate surface area is 162 Å². The largest absolute Gasteiger partial charge is 0.457 e. The highest BCUT2D eigenvalue weighted by Crippen LogP contribution is 2.58. The van der Waals surface area contributed by atoms with Gasteiger partial charge in [0.15, 0.2) is 5.78 Å². The van der Waals surface area contributed by atoms with Gasteiger partial charge in [0, 0.05) is 18.8 Å².